The second-order valence-electron chi connectivity index (χ2n) is 9.88. The third-order valence-electron chi connectivity index (χ3n) is 5.88. The van der Waals surface area contributed by atoms with Crippen molar-refractivity contribution < 1.29 is 18.7 Å². The Morgan fingerprint density at radius 3 is 2.77 bits per heavy atom. The van der Waals surface area contributed by atoms with Gasteiger partial charge in [-0.25, -0.2) is 19.2 Å². The SMILES string of the molecule is Cn1nc(-c2cnc3[nH]cc(C(=O)NC4(CNC(=O)OC(C)(C)C)CC4)c3n2)c2ccc(F)cc21. The van der Waals surface area contributed by atoms with Gasteiger partial charge in [-0.3, -0.25) is 9.48 Å². The summed E-state index contributed by atoms with van der Waals surface area (Å²) >= 11 is 0. The summed E-state index contributed by atoms with van der Waals surface area (Å²) in [7, 11) is 1.73. The Hall–Kier alpha value is -4.02. The number of aryl methyl sites for hydroxylation is 1. The number of carbonyl (C=O) groups is 2. The molecule has 0 aliphatic heterocycles. The predicted molar refractivity (Wildman–Crippen MR) is 127 cm³/mol. The minimum absolute atomic E-state index is 0.267. The highest BCUT2D eigenvalue weighted by Gasteiger charge is 2.45. The molecular formula is C24H26FN7O3. The van der Waals surface area contributed by atoms with Crippen molar-refractivity contribution in [3.05, 3.63) is 42.0 Å². The molecule has 1 saturated carbocycles. The normalized spacial score (nSPS) is 14.8. The minimum Gasteiger partial charge on any atom is -0.444 e. The molecule has 0 saturated heterocycles. The van der Waals surface area contributed by atoms with Crippen molar-refractivity contribution in [3.8, 4) is 11.4 Å². The summed E-state index contributed by atoms with van der Waals surface area (Å²) in [5.74, 6) is -0.674. The zero-order valence-electron chi connectivity index (χ0n) is 19.9. The molecule has 0 unspecified atom stereocenters. The van der Waals surface area contributed by atoms with Gasteiger partial charge in [-0.05, 0) is 51.8 Å². The van der Waals surface area contributed by atoms with E-state index in [9.17, 15) is 14.0 Å². The summed E-state index contributed by atoms with van der Waals surface area (Å²) in [5.41, 5.74) is 1.72. The van der Waals surface area contributed by atoms with Gasteiger partial charge in [-0.2, -0.15) is 5.10 Å². The molecule has 0 spiro atoms. The highest BCUT2D eigenvalue weighted by molar-refractivity contribution is 6.05. The van der Waals surface area contributed by atoms with Crippen LogP contribution in [0.3, 0.4) is 0 Å². The standard InChI is InChI=1S/C24H26FN7O3/c1-23(2,3)35-22(34)28-12-24(7-8-24)30-21(33)15-10-26-20-19(15)29-16(11-27-20)18-14-6-5-13(25)9-17(14)32(4)31-18/h5-6,9-11H,7-8,12H2,1-4H3,(H,26,27)(H,28,34)(H,30,33). The summed E-state index contributed by atoms with van der Waals surface area (Å²) in [5, 5.41) is 11.0. The molecule has 182 valence electrons. The lowest BCUT2D eigenvalue weighted by molar-refractivity contribution is 0.0517. The Balaban J connectivity index is 1.38. The van der Waals surface area contributed by atoms with Crippen LogP contribution in [0.4, 0.5) is 9.18 Å². The molecule has 1 aliphatic carbocycles. The number of carbonyl (C=O) groups excluding carboxylic acids is 2. The number of hydrogen-bond acceptors (Lipinski definition) is 6. The Bertz CT molecular complexity index is 1460. The van der Waals surface area contributed by atoms with Crippen molar-refractivity contribution in [3.63, 3.8) is 0 Å². The van der Waals surface area contributed by atoms with Gasteiger partial charge in [0.15, 0.2) is 5.65 Å². The molecule has 0 bridgehead atoms. The van der Waals surface area contributed by atoms with E-state index in [4.69, 9.17) is 4.74 Å². The van der Waals surface area contributed by atoms with Crippen molar-refractivity contribution in [2.45, 2.75) is 44.8 Å². The van der Waals surface area contributed by atoms with Crippen molar-refractivity contribution in [2.24, 2.45) is 7.05 Å². The van der Waals surface area contributed by atoms with Gasteiger partial charge in [0.05, 0.1) is 22.8 Å². The molecule has 4 aromatic rings. The maximum atomic E-state index is 13.7. The minimum atomic E-state index is -0.600. The van der Waals surface area contributed by atoms with E-state index in [0.717, 1.165) is 18.2 Å². The molecular weight excluding hydrogens is 453 g/mol. The molecule has 3 N–H and O–H groups in total. The van der Waals surface area contributed by atoms with E-state index >= 15 is 0 Å². The predicted octanol–water partition coefficient (Wildman–Crippen LogP) is 3.44. The van der Waals surface area contributed by atoms with Crippen LogP contribution in [0.1, 0.15) is 44.0 Å². The van der Waals surface area contributed by atoms with Gasteiger partial charge in [-0.1, -0.05) is 0 Å². The van der Waals surface area contributed by atoms with Crippen LogP contribution < -0.4 is 10.6 Å². The molecule has 0 radical (unpaired) electrons. The number of amides is 2. The Kier molecular flexibility index (Phi) is 5.22. The first kappa shape index (κ1) is 22.8. The smallest absolute Gasteiger partial charge is 0.407 e. The number of aromatic nitrogens is 5. The van der Waals surface area contributed by atoms with Crippen LogP contribution in [0.5, 0.6) is 0 Å². The third kappa shape index (κ3) is 4.53. The van der Waals surface area contributed by atoms with Crippen LogP contribution in [0.25, 0.3) is 33.5 Å². The largest absolute Gasteiger partial charge is 0.444 e. The molecule has 0 atom stereocenters. The Morgan fingerprint density at radius 1 is 1.29 bits per heavy atom. The van der Waals surface area contributed by atoms with Crippen LogP contribution in [0, 0.1) is 5.82 Å². The number of rotatable bonds is 5. The maximum Gasteiger partial charge on any atom is 0.407 e. The summed E-state index contributed by atoms with van der Waals surface area (Å²) < 4.78 is 20.6. The average Bonchev–Trinajstić information content (AvgIpc) is 3.28. The lowest BCUT2D eigenvalue weighted by Gasteiger charge is -2.22. The lowest BCUT2D eigenvalue weighted by Crippen LogP contribution is -2.46. The zero-order valence-corrected chi connectivity index (χ0v) is 19.9. The number of H-pyrrole nitrogens is 1. The first-order valence-electron chi connectivity index (χ1n) is 11.3. The van der Waals surface area contributed by atoms with E-state index in [1.807, 2.05) is 0 Å². The summed E-state index contributed by atoms with van der Waals surface area (Å²) in [4.78, 5) is 37.2. The molecule has 1 aliphatic rings. The molecule has 2 amide bonds. The zero-order chi connectivity index (χ0) is 25.0. The number of benzene rings is 1. The summed E-state index contributed by atoms with van der Waals surface area (Å²) in [6.45, 7) is 5.64. The van der Waals surface area contributed by atoms with Crippen LogP contribution >= 0.6 is 0 Å². The molecule has 1 aromatic carbocycles. The van der Waals surface area contributed by atoms with Gasteiger partial charge in [0.25, 0.3) is 5.91 Å². The summed E-state index contributed by atoms with van der Waals surface area (Å²) in [6, 6.07) is 4.43. The molecule has 3 heterocycles. The number of halogens is 1. The number of hydrogen-bond donors (Lipinski definition) is 3. The molecule has 5 rings (SSSR count). The van der Waals surface area contributed by atoms with Gasteiger partial charge in [0.1, 0.15) is 28.3 Å². The summed E-state index contributed by atoms with van der Waals surface area (Å²) in [6.07, 6.45) is 4.09. The number of alkyl carbamates (subject to hydrolysis) is 1. The van der Waals surface area contributed by atoms with Gasteiger partial charge >= 0.3 is 6.09 Å². The third-order valence-corrected chi connectivity index (χ3v) is 5.88. The van der Waals surface area contributed by atoms with Crippen LogP contribution in [-0.4, -0.2) is 54.4 Å². The number of ether oxygens (including phenoxy) is 1. The molecule has 11 heteroatoms. The van der Waals surface area contributed by atoms with E-state index in [1.54, 1.807) is 51.0 Å². The lowest BCUT2D eigenvalue weighted by atomic mass is 10.1. The number of fused-ring (bicyclic) bond motifs is 2. The first-order valence-corrected chi connectivity index (χ1v) is 11.3. The fourth-order valence-corrected chi connectivity index (χ4v) is 3.96. The number of aromatic amines is 1. The van der Waals surface area contributed by atoms with Gasteiger partial charge < -0.3 is 20.4 Å². The fourth-order valence-electron chi connectivity index (χ4n) is 3.96. The topological polar surface area (TPSA) is 127 Å². The monoisotopic (exact) mass is 479 g/mol. The maximum absolute atomic E-state index is 13.7. The van der Waals surface area contributed by atoms with E-state index in [2.05, 4.69) is 30.7 Å². The van der Waals surface area contributed by atoms with E-state index in [-0.39, 0.29) is 18.3 Å². The molecule has 10 nitrogen and oxygen atoms in total. The van der Waals surface area contributed by atoms with Crippen molar-refractivity contribution >= 4 is 34.1 Å². The van der Waals surface area contributed by atoms with E-state index < -0.39 is 17.2 Å². The Labute approximate surface area is 200 Å². The van der Waals surface area contributed by atoms with Gasteiger partial charge in [0.2, 0.25) is 0 Å². The van der Waals surface area contributed by atoms with Crippen molar-refractivity contribution in [1.29, 1.82) is 0 Å². The highest BCUT2D eigenvalue weighted by Crippen LogP contribution is 2.35. The van der Waals surface area contributed by atoms with E-state index in [1.165, 1.54) is 12.1 Å². The number of nitrogens with zero attached hydrogens (tertiary/aromatic N) is 4. The van der Waals surface area contributed by atoms with Crippen molar-refractivity contribution in [1.82, 2.24) is 35.4 Å². The van der Waals surface area contributed by atoms with Crippen molar-refractivity contribution in [2.75, 3.05) is 6.54 Å². The fraction of sp³-hybridized carbons (Fsp3) is 0.375. The van der Waals surface area contributed by atoms with Crippen LogP contribution in [0.15, 0.2) is 30.6 Å². The number of nitrogens with one attached hydrogen (secondary N) is 3. The molecule has 35 heavy (non-hydrogen) atoms. The second kappa shape index (κ2) is 8.03. The average molecular weight is 480 g/mol. The quantitative estimate of drug-likeness (QED) is 0.403. The first-order chi connectivity index (χ1) is 16.5. The van der Waals surface area contributed by atoms with Gasteiger partial charge in [0, 0.05) is 25.2 Å². The highest BCUT2D eigenvalue weighted by atomic mass is 19.1. The molecule has 1 fully saturated rings. The van der Waals surface area contributed by atoms with Gasteiger partial charge in [-0.15, -0.1) is 0 Å². The second-order valence-corrected chi connectivity index (χ2v) is 9.88. The Morgan fingerprint density at radius 2 is 2.06 bits per heavy atom. The molecule has 3 aromatic heterocycles. The van der Waals surface area contributed by atoms with Crippen LogP contribution in [0.2, 0.25) is 0 Å². The van der Waals surface area contributed by atoms with Crippen LogP contribution in [-0.2, 0) is 11.8 Å². The van der Waals surface area contributed by atoms with E-state index in [0.29, 0.717) is 33.6 Å².